The minimum absolute atomic E-state index is 0.0396. The fraction of sp³-hybridized carbons (Fsp3) is 0.375. The van der Waals surface area contributed by atoms with E-state index in [0.717, 1.165) is 10.8 Å². The molecule has 0 radical (unpaired) electrons. The summed E-state index contributed by atoms with van der Waals surface area (Å²) in [4.78, 5) is 0.330. The summed E-state index contributed by atoms with van der Waals surface area (Å²) in [6.07, 6.45) is 0.678. The van der Waals surface area contributed by atoms with Crippen LogP contribution in [0.5, 0.6) is 0 Å². The van der Waals surface area contributed by atoms with Crippen LogP contribution in [0.3, 0.4) is 0 Å². The van der Waals surface area contributed by atoms with E-state index < -0.39 is 10.0 Å². The molecule has 3 rings (SSSR count). The van der Waals surface area contributed by atoms with Gasteiger partial charge in [-0.3, -0.25) is 0 Å². The zero-order chi connectivity index (χ0) is 15.3. The molecule has 3 N–H and O–H groups in total. The zero-order valence-electron chi connectivity index (χ0n) is 12.2. The third-order valence-electron chi connectivity index (χ3n) is 4.68. The Bertz CT molecular complexity index is 778. The number of hydrogen-bond acceptors (Lipinski definition) is 3. The molecule has 0 aliphatic heterocycles. The van der Waals surface area contributed by atoms with Gasteiger partial charge in [-0.05, 0) is 23.3 Å². The first-order valence-corrected chi connectivity index (χ1v) is 8.56. The maximum absolute atomic E-state index is 12.7. The summed E-state index contributed by atoms with van der Waals surface area (Å²) in [6, 6.07) is 12.8. The van der Waals surface area contributed by atoms with Gasteiger partial charge in [0, 0.05) is 17.5 Å². The Morgan fingerprint density at radius 2 is 1.81 bits per heavy atom. The second kappa shape index (κ2) is 4.80. The molecule has 4 nitrogen and oxygen atoms in total. The predicted octanol–water partition coefficient (Wildman–Crippen LogP) is 2.24. The first kappa shape index (κ1) is 14.5. The molecule has 0 amide bonds. The van der Waals surface area contributed by atoms with Gasteiger partial charge in [-0.15, -0.1) is 0 Å². The van der Waals surface area contributed by atoms with Gasteiger partial charge in [0.15, 0.2) is 0 Å². The molecule has 0 aromatic heterocycles. The van der Waals surface area contributed by atoms with Gasteiger partial charge in [-0.2, -0.15) is 0 Å². The van der Waals surface area contributed by atoms with Crippen molar-refractivity contribution in [1.29, 1.82) is 0 Å². The molecule has 21 heavy (non-hydrogen) atoms. The molecule has 0 saturated heterocycles. The fourth-order valence-corrected chi connectivity index (χ4v) is 4.47. The summed E-state index contributed by atoms with van der Waals surface area (Å²) in [6.45, 7) is 3.99. The van der Waals surface area contributed by atoms with E-state index in [1.807, 2.05) is 44.2 Å². The number of hydrogen-bond donors (Lipinski definition) is 2. The highest BCUT2D eigenvalue weighted by atomic mass is 32.2. The quantitative estimate of drug-likeness (QED) is 0.913. The Balaban J connectivity index is 1.98. The zero-order valence-corrected chi connectivity index (χ0v) is 13.0. The lowest BCUT2D eigenvalue weighted by molar-refractivity contribution is 0.0904. The molecule has 2 aromatic carbocycles. The van der Waals surface area contributed by atoms with Gasteiger partial charge < -0.3 is 5.73 Å². The third-order valence-corrected chi connectivity index (χ3v) is 6.21. The van der Waals surface area contributed by atoms with Crippen LogP contribution in [0.2, 0.25) is 0 Å². The van der Waals surface area contributed by atoms with Crippen LogP contribution < -0.4 is 10.5 Å². The second-order valence-corrected chi connectivity index (χ2v) is 8.00. The van der Waals surface area contributed by atoms with E-state index in [-0.39, 0.29) is 17.5 Å². The van der Waals surface area contributed by atoms with Crippen LogP contribution in [0.4, 0.5) is 0 Å². The van der Waals surface area contributed by atoms with Crippen LogP contribution in [0.1, 0.15) is 20.3 Å². The highest BCUT2D eigenvalue weighted by molar-refractivity contribution is 7.89. The monoisotopic (exact) mass is 304 g/mol. The summed E-state index contributed by atoms with van der Waals surface area (Å²) < 4.78 is 28.2. The van der Waals surface area contributed by atoms with E-state index in [9.17, 15) is 8.42 Å². The van der Waals surface area contributed by atoms with Crippen molar-refractivity contribution in [3.05, 3.63) is 42.5 Å². The van der Waals surface area contributed by atoms with Crippen LogP contribution >= 0.6 is 0 Å². The summed E-state index contributed by atoms with van der Waals surface area (Å²) in [5.41, 5.74) is 5.75. The van der Waals surface area contributed by atoms with E-state index >= 15 is 0 Å². The van der Waals surface area contributed by atoms with Gasteiger partial charge in [0.1, 0.15) is 0 Å². The smallest absolute Gasteiger partial charge is 0.241 e. The van der Waals surface area contributed by atoms with Gasteiger partial charge in [0.25, 0.3) is 0 Å². The standard InChI is InChI=1S/C16H20N2O2S/c1-16(2)14(17)10-15(16)18-21(19,20)13-9-5-7-11-6-3-4-8-12(11)13/h3-9,14-15,18H,10,17H2,1-2H3. The van der Waals surface area contributed by atoms with Crippen LogP contribution in [0.15, 0.2) is 47.4 Å². The number of fused-ring (bicyclic) bond motifs is 1. The molecule has 2 aromatic rings. The maximum atomic E-state index is 12.7. The molecule has 5 heteroatoms. The molecular formula is C16H20N2O2S. The van der Waals surface area contributed by atoms with E-state index in [1.165, 1.54) is 0 Å². The molecule has 0 spiro atoms. The SMILES string of the molecule is CC1(C)C(N)CC1NS(=O)(=O)c1cccc2ccccc12. The van der Waals surface area contributed by atoms with E-state index in [2.05, 4.69) is 4.72 Å². The predicted molar refractivity (Wildman–Crippen MR) is 84.4 cm³/mol. The molecule has 1 fully saturated rings. The largest absolute Gasteiger partial charge is 0.327 e. The molecule has 2 atom stereocenters. The van der Waals surface area contributed by atoms with Crippen molar-refractivity contribution < 1.29 is 8.42 Å². The second-order valence-electron chi connectivity index (χ2n) is 6.31. The minimum atomic E-state index is -3.55. The highest BCUT2D eigenvalue weighted by Gasteiger charge is 2.47. The Labute approximate surface area is 125 Å². The van der Waals surface area contributed by atoms with Crippen LogP contribution in [-0.4, -0.2) is 20.5 Å². The van der Waals surface area contributed by atoms with Crippen molar-refractivity contribution in [3.63, 3.8) is 0 Å². The Kier molecular flexibility index (Phi) is 3.31. The molecule has 1 aliphatic rings. The minimum Gasteiger partial charge on any atom is -0.327 e. The van der Waals surface area contributed by atoms with Crippen molar-refractivity contribution in [2.24, 2.45) is 11.1 Å². The van der Waals surface area contributed by atoms with Gasteiger partial charge in [0.2, 0.25) is 10.0 Å². The first-order chi connectivity index (χ1) is 9.82. The van der Waals surface area contributed by atoms with Crippen LogP contribution in [-0.2, 0) is 10.0 Å². The molecule has 1 aliphatic carbocycles. The lowest BCUT2D eigenvalue weighted by Gasteiger charge is -2.50. The average molecular weight is 304 g/mol. The molecule has 0 bridgehead atoms. The van der Waals surface area contributed by atoms with Crippen molar-refractivity contribution in [2.45, 2.75) is 37.2 Å². The van der Waals surface area contributed by atoms with Crippen molar-refractivity contribution in [2.75, 3.05) is 0 Å². The first-order valence-electron chi connectivity index (χ1n) is 7.08. The van der Waals surface area contributed by atoms with E-state index in [1.54, 1.807) is 12.1 Å². The average Bonchev–Trinajstić information content (AvgIpc) is 2.46. The number of rotatable bonds is 3. The molecule has 0 heterocycles. The number of nitrogens with two attached hydrogens (primary N) is 1. The Morgan fingerprint density at radius 3 is 2.48 bits per heavy atom. The summed E-state index contributed by atoms with van der Waals surface area (Å²) in [5.74, 6) is 0. The number of benzene rings is 2. The molecule has 112 valence electrons. The van der Waals surface area contributed by atoms with Gasteiger partial charge >= 0.3 is 0 Å². The summed E-state index contributed by atoms with van der Waals surface area (Å²) in [5, 5.41) is 1.67. The summed E-state index contributed by atoms with van der Waals surface area (Å²) in [7, 11) is -3.55. The molecule has 1 saturated carbocycles. The van der Waals surface area contributed by atoms with Crippen molar-refractivity contribution in [1.82, 2.24) is 4.72 Å². The van der Waals surface area contributed by atoms with Crippen LogP contribution in [0.25, 0.3) is 10.8 Å². The van der Waals surface area contributed by atoms with Crippen molar-refractivity contribution in [3.8, 4) is 0 Å². The number of nitrogens with one attached hydrogen (secondary N) is 1. The molecule has 2 unspecified atom stereocenters. The van der Waals surface area contributed by atoms with E-state index in [0.29, 0.717) is 11.3 Å². The van der Waals surface area contributed by atoms with E-state index in [4.69, 9.17) is 5.73 Å². The third kappa shape index (κ3) is 2.35. The van der Waals surface area contributed by atoms with Gasteiger partial charge in [-0.25, -0.2) is 13.1 Å². The fourth-order valence-electron chi connectivity index (χ4n) is 2.84. The Morgan fingerprint density at radius 1 is 1.14 bits per heavy atom. The van der Waals surface area contributed by atoms with Crippen molar-refractivity contribution >= 4 is 20.8 Å². The maximum Gasteiger partial charge on any atom is 0.241 e. The van der Waals surface area contributed by atoms with Gasteiger partial charge in [0.05, 0.1) is 4.90 Å². The highest BCUT2D eigenvalue weighted by Crippen LogP contribution is 2.40. The summed E-state index contributed by atoms with van der Waals surface area (Å²) >= 11 is 0. The topological polar surface area (TPSA) is 72.2 Å². The lowest BCUT2D eigenvalue weighted by atomic mass is 9.64. The van der Waals surface area contributed by atoms with Gasteiger partial charge in [-0.1, -0.05) is 50.2 Å². The molecular weight excluding hydrogens is 284 g/mol. The number of sulfonamides is 1. The Hall–Kier alpha value is -1.43. The van der Waals surface area contributed by atoms with Crippen LogP contribution in [0, 0.1) is 5.41 Å². The normalized spacial score (nSPS) is 24.7. The lowest BCUT2D eigenvalue weighted by Crippen LogP contribution is -2.64.